The zero-order valence-electron chi connectivity index (χ0n) is 6.27. The van der Waals surface area contributed by atoms with Crippen LogP contribution >= 0.6 is 15.9 Å². The molecular formula is C7H5BrF3NO. The second kappa shape index (κ2) is 4.06. The Balaban J connectivity index is 3.30. The maximum Gasteiger partial charge on any atom is 0.266 e. The van der Waals surface area contributed by atoms with Gasteiger partial charge in [-0.1, -0.05) is 15.9 Å². The maximum atomic E-state index is 12.6. The van der Waals surface area contributed by atoms with Crippen LogP contribution in [0.5, 0.6) is 0 Å². The third-order valence-corrected chi connectivity index (χ3v) is 2.08. The third kappa shape index (κ3) is 2.19. The number of hydrogen-bond acceptors (Lipinski definition) is 2. The van der Waals surface area contributed by atoms with Gasteiger partial charge in [0.05, 0.1) is 17.9 Å². The Morgan fingerprint density at radius 2 is 2.15 bits per heavy atom. The van der Waals surface area contributed by atoms with Gasteiger partial charge in [-0.25, -0.2) is 13.8 Å². The second-order valence-corrected chi connectivity index (χ2v) is 3.10. The Morgan fingerprint density at radius 3 is 2.62 bits per heavy atom. The van der Waals surface area contributed by atoms with E-state index in [-0.39, 0.29) is 10.2 Å². The summed E-state index contributed by atoms with van der Waals surface area (Å²) in [5.41, 5.74) is -0.814. The summed E-state index contributed by atoms with van der Waals surface area (Å²) in [6, 6.07) is 0.834. The van der Waals surface area contributed by atoms with Crippen LogP contribution < -0.4 is 0 Å². The fourth-order valence-corrected chi connectivity index (χ4v) is 1.48. The van der Waals surface area contributed by atoms with Crippen molar-refractivity contribution in [1.82, 2.24) is 4.98 Å². The minimum Gasteiger partial charge on any atom is -0.390 e. The van der Waals surface area contributed by atoms with Crippen LogP contribution in [0.25, 0.3) is 0 Å². The van der Waals surface area contributed by atoms with Crippen molar-refractivity contribution >= 4 is 15.9 Å². The van der Waals surface area contributed by atoms with Crippen LogP contribution in [0.3, 0.4) is 0 Å². The molecule has 0 aliphatic heterocycles. The molecule has 0 bridgehead atoms. The quantitative estimate of drug-likeness (QED) is 0.824. The number of aliphatic hydroxyl groups excluding tert-OH is 1. The average Bonchev–Trinajstić information content (AvgIpc) is 2.01. The molecule has 0 aromatic carbocycles. The number of hydrogen-bond donors (Lipinski definition) is 1. The average molecular weight is 256 g/mol. The molecule has 0 atom stereocenters. The highest BCUT2D eigenvalue weighted by atomic mass is 79.9. The number of halogens is 4. The molecule has 0 unspecified atom stereocenters. The van der Waals surface area contributed by atoms with Gasteiger partial charge in [-0.3, -0.25) is 0 Å². The van der Waals surface area contributed by atoms with Gasteiger partial charge in [-0.2, -0.15) is 4.39 Å². The van der Waals surface area contributed by atoms with E-state index in [0.29, 0.717) is 0 Å². The van der Waals surface area contributed by atoms with Gasteiger partial charge >= 0.3 is 0 Å². The highest BCUT2D eigenvalue weighted by Gasteiger charge is 2.18. The predicted octanol–water partition coefficient (Wildman–Crippen LogP) is 2.41. The normalized spacial score (nSPS) is 10.9. The van der Waals surface area contributed by atoms with Gasteiger partial charge < -0.3 is 5.11 Å². The Labute approximate surface area is 80.5 Å². The molecule has 0 aliphatic rings. The molecular weight excluding hydrogens is 251 g/mol. The van der Waals surface area contributed by atoms with Crippen molar-refractivity contribution in [3.8, 4) is 0 Å². The number of nitrogens with zero attached hydrogens (tertiary/aromatic N) is 1. The largest absolute Gasteiger partial charge is 0.390 e. The van der Waals surface area contributed by atoms with Crippen molar-refractivity contribution in [3.05, 3.63) is 27.7 Å². The van der Waals surface area contributed by atoms with Crippen LogP contribution in [0.15, 0.2) is 10.5 Å². The first-order valence-corrected chi connectivity index (χ1v) is 4.09. The van der Waals surface area contributed by atoms with E-state index in [1.54, 1.807) is 0 Å². The first kappa shape index (κ1) is 10.5. The van der Waals surface area contributed by atoms with Crippen LogP contribution in [-0.4, -0.2) is 10.1 Å². The van der Waals surface area contributed by atoms with Gasteiger partial charge in [0.25, 0.3) is 6.43 Å². The Morgan fingerprint density at radius 1 is 1.54 bits per heavy atom. The molecule has 1 rings (SSSR count). The molecule has 0 saturated heterocycles. The topological polar surface area (TPSA) is 33.1 Å². The molecule has 0 saturated carbocycles. The van der Waals surface area contributed by atoms with Crippen molar-refractivity contribution in [1.29, 1.82) is 0 Å². The summed E-state index contributed by atoms with van der Waals surface area (Å²) in [5.74, 6) is -0.902. The van der Waals surface area contributed by atoms with Crippen molar-refractivity contribution in [3.63, 3.8) is 0 Å². The third-order valence-electron chi connectivity index (χ3n) is 1.42. The lowest BCUT2D eigenvalue weighted by molar-refractivity contribution is 0.144. The zero-order chi connectivity index (χ0) is 10.0. The molecule has 0 amide bonds. The maximum absolute atomic E-state index is 12.6. The smallest absolute Gasteiger partial charge is 0.266 e. The summed E-state index contributed by atoms with van der Waals surface area (Å²) < 4.78 is 37.1. The molecule has 0 aliphatic carbocycles. The van der Waals surface area contributed by atoms with Gasteiger partial charge in [0.2, 0.25) is 5.95 Å². The van der Waals surface area contributed by atoms with Crippen molar-refractivity contribution in [2.75, 3.05) is 0 Å². The lowest BCUT2D eigenvalue weighted by Gasteiger charge is -2.07. The molecule has 1 aromatic heterocycles. The number of aromatic nitrogens is 1. The number of aliphatic hydroxyl groups is 1. The summed E-state index contributed by atoms with van der Waals surface area (Å²) in [4.78, 5) is 3.15. The molecule has 72 valence electrons. The molecule has 1 N–H and O–H groups in total. The van der Waals surface area contributed by atoms with E-state index < -0.39 is 24.5 Å². The second-order valence-electron chi connectivity index (χ2n) is 2.25. The van der Waals surface area contributed by atoms with Crippen molar-refractivity contribution < 1.29 is 18.3 Å². The van der Waals surface area contributed by atoms with E-state index in [4.69, 9.17) is 5.11 Å². The lowest BCUT2D eigenvalue weighted by Crippen LogP contribution is -2.01. The fraction of sp³-hybridized carbons (Fsp3) is 0.286. The highest BCUT2D eigenvalue weighted by molar-refractivity contribution is 9.10. The van der Waals surface area contributed by atoms with Crippen molar-refractivity contribution in [2.45, 2.75) is 13.0 Å². The summed E-state index contributed by atoms with van der Waals surface area (Å²) in [6.07, 6.45) is -2.79. The number of alkyl halides is 2. The fourth-order valence-electron chi connectivity index (χ4n) is 0.892. The van der Waals surface area contributed by atoms with Crippen LogP contribution in [0.1, 0.15) is 17.7 Å². The van der Waals surface area contributed by atoms with E-state index in [2.05, 4.69) is 20.9 Å². The first-order chi connectivity index (χ1) is 6.06. The van der Waals surface area contributed by atoms with Crippen LogP contribution in [0.2, 0.25) is 0 Å². The molecule has 0 spiro atoms. The monoisotopic (exact) mass is 255 g/mol. The lowest BCUT2D eigenvalue weighted by atomic mass is 10.2. The number of rotatable bonds is 2. The SMILES string of the molecule is OCc1nc(F)cc(Br)c1C(F)F. The van der Waals surface area contributed by atoms with Gasteiger partial charge in [0, 0.05) is 10.5 Å². The van der Waals surface area contributed by atoms with E-state index in [0.717, 1.165) is 6.07 Å². The van der Waals surface area contributed by atoms with Gasteiger partial charge in [0.15, 0.2) is 0 Å². The standard InChI is InChI=1S/C7H5BrF3NO/c8-3-1-5(9)12-4(2-13)6(3)7(10)11/h1,7,13H,2H2. The molecule has 1 aromatic rings. The molecule has 2 nitrogen and oxygen atoms in total. The van der Waals surface area contributed by atoms with Crippen LogP contribution in [0.4, 0.5) is 13.2 Å². The summed E-state index contributed by atoms with van der Waals surface area (Å²) in [5, 5.41) is 8.63. The molecule has 1 heterocycles. The molecule has 0 radical (unpaired) electrons. The minimum atomic E-state index is -2.79. The van der Waals surface area contributed by atoms with Gasteiger partial charge in [-0.05, 0) is 0 Å². The van der Waals surface area contributed by atoms with Gasteiger partial charge in [-0.15, -0.1) is 0 Å². The Hall–Kier alpha value is -0.620. The van der Waals surface area contributed by atoms with E-state index in [1.807, 2.05) is 0 Å². The van der Waals surface area contributed by atoms with Crippen molar-refractivity contribution in [2.24, 2.45) is 0 Å². The van der Waals surface area contributed by atoms with Crippen LogP contribution in [-0.2, 0) is 6.61 Å². The number of pyridine rings is 1. The predicted molar refractivity (Wildman–Crippen MR) is 42.8 cm³/mol. The molecule has 6 heteroatoms. The van der Waals surface area contributed by atoms with Crippen LogP contribution in [0, 0.1) is 5.95 Å². The van der Waals surface area contributed by atoms with E-state index in [1.165, 1.54) is 0 Å². The van der Waals surface area contributed by atoms with Gasteiger partial charge in [0.1, 0.15) is 0 Å². The van der Waals surface area contributed by atoms with E-state index >= 15 is 0 Å². The molecule has 0 fully saturated rings. The summed E-state index contributed by atoms with van der Waals surface area (Å²) in [6.45, 7) is -0.712. The summed E-state index contributed by atoms with van der Waals surface area (Å²) in [7, 11) is 0. The minimum absolute atomic E-state index is 0.0842. The Bertz CT molecular complexity index is 319. The first-order valence-electron chi connectivity index (χ1n) is 3.30. The molecule has 13 heavy (non-hydrogen) atoms. The Kier molecular flexibility index (Phi) is 3.27. The highest BCUT2D eigenvalue weighted by Crippen LogP contribution is 2.29. The van der Waals surface area contributed by atoms with E-state index in [9.17, 15) is 13.2 Å². The zero-order valence-corrected chi connectivity index (χ0v) is 7.85. The summed E-state index contributed by atoms with van der Waals surface area (Å²) >= 11 is 2.77.